The summed E-state index contributed by atoms with van der Waals surface area (Å²) in [5.41, 5.74) is 5.34. The maximum atomic E-state index is 14.4. The van der Waals surface area contributed by atoms with Crippen LogP contribution in [0.1, 0.15) is 16.7 Å². The fourth-order valence-electron chi connectivity index (χ4n) is 7.59. The van der Waals surface area contributed by atoms with Crippen LogP contribution in [0.4, 0.5) is 26.3 Å². The first-order chi connectivity index (χ1) is 27.9. The van der Waals surface area contributed by atoms with Crippen LogP contribution in [0.2, 0.25) is 0 Å². The number of hydrogen-bond acceptors (Lipinski definition) is 2. The van der Waals surface area contributed by atoms with Crippen LogP contribution in [-0.4, -0.2) is 14.5 Å². The molecule has 0 atom stereocenters. The SMILES string of the molecule is Cc1ccc2c(c1)c1ccccc1n2-c1c(-c2cccc(C(F)(F)F)c2)cc(-c2cc(-c3ccccc3)nc(-c3ccccc3)n2)cc1-c1cccc(C(F)(F)F)c1. The van der Waals surface area contributed by atoms with Gasteiger partial charge in [-0.25, -0.2) is 9.97 Å². The van der Waals surface area contributed by atoms with Crippen molar-refractivity contribution in [2.75, 3.05) is 0 Å². The van der Waals surface area contributed by atoms with Crippen LogP contribution in [-0.2, 0) is 12.4 Å². The molecule has 0 aliphatic rings. The van der Waals surface area contributed by atoms with Crippen LogP contribution >= 0.6 is 0 Å². The van der Waals surface area contributed by atoms with Crippen LogP contribution in [0.3, 0.4) is 0 Å². The molecule has 284 valence electrons. The van der Waals surface area contributed by atoms with E-state index in [9.17, 15) is 26.3 Å². The van der Waals surface area contributed by atoms with E-state index >= 15 is 0 Å². The monoisotopic (exact) mass is 775 g/mol. The van der Waals surface area contributed by atoms with Crippen molar-refractivity contribution in [3.8, 4) is 61.8 Å². The lowest BCUT2D eigenvalue weighted by molar-refractivity contribution is -0.138. The van der Waals surface area contributed by atoms with Crippen molar-refractivity contribution in [1.29, 1.82) is 0 Å². The summed E-state index contributed by atoms with van der Waals surface area (Å²) in [4.78, 5) is 9.91. The van der Waals surface area contributed by atoms with Gasteiger partial charge < -0.3 is 4.57 Å². The third-order valence-corrected chi connectivity index (χ3v) is 10.3. The summed E-state index contributed by atoms with van der Waals surface area (Å²) in [6, 6.07) is 47.8. The number of halogens is 6. The minimum absolute atomic E-state index is 0.221. The van der Waals surface area contributed by atoms with Crippen molar-refractivity contribution in [2.45, 2.75) is 19.3 Å². The Labute approximate surface area is 329 Å². The van der Waals surface area contributed by atoms with Gasteiger partial charge in [0, 0.05) is 38.6 Å². The lowest BCUT2D eigenvalue weighted by Crippen LogP contribution is -2.07. The van der Waals surface area contributed by atoms with Gasteiger partial charge >= 0.3 is 12.4 Å². The number of aromatic nitrogens is 3. The van der Waals surface area contributed by atoms with Gasteiger partial charge in [0.2, 0.25) is 0 Å². The van der Waals surface area contributed by atoms with Gasteiger partial charge in [0.15, 0.2) is 5.82 Å². The second kappa shape index (κ2) is 14.2. The van der Waals surface area contributed by atoms with Gasteiger partial charge in [0.1, 0.15) is 0 Å². The van der Waals surface area contributed by atoms with E-state index in [0.717, 1.165) is 62.8 Å². The van der Waals surface area contributed by atoms with Gasteiger partial charge in [-0.3, -0.25) is 0 Å². The molecule has 0 unspecified atom stereocenters. The summed E-state index contributed by atoms with van der Waals surface area (Å²) < 4.78 is 88.6. The summed E-state index contributed by atoms with van der Waals surface area (Å²) in [5, 5.41) is 1.77. The molecule has 2 aromatic heterocycles. The molecule has 9 aromatic rings. The Balaban J connectivity index is 1.45. The summed E-state index contributed by atoms with van der Waals surface area (Å²) >= 11 is 0. The predicted octanol–water partition coefficient (Wildman–Crippen LogP) is 14.3. The van der Waals surface area contributed by atoms with Crippen molar-refractivity contribution in [1.82, 2.24) is 14.5 Å². The molecule has 3 nitrogen and oxygen atoms in total. The summed E-state index contributed by atoms with van der Waals surface area (Å²) in [5.74, 6) is 0.403. The minimum atomic E-state index is -4.66. The third kappa shape index (κ3) is 6.78. The zero-order valence-corrected chi connectivity index (χ0v) is 30.8. The Kier molecular flexibility index (Phi) is 8.96. The van der Waals surface area contributed by atoms with Crippen LogP contribution in [0, 0.1) is 6.92 Å². The quantitative estimate of drug-likeness (QED) is 0.158. The number of rotatable bonds is 6. The molecule has 0 saturated carbocycles. The molecule has 2 heterocycles. The van der Waals surface area contributed by atoms with Gasteiger partial charge in [-0.15, -0.1) is 0 Å². The second-order valence-corrected chi connectivity index (χ2v) is 14.1. The van der Waals surface area contributed by atoms with Crippen molar-refractivity contribution < 1.29 is 26.3 Å². The van der Waals surface area contributed by atoms with E-state index in [4.69, 9.17) is 9.97 Å². The summed E-state index contributed by atoms with van der Waals surface area (Å²) in [6.45, 7) is 1.97. The first-order valence-electron chi connectivity index (χ1n) is 18.5. The highest BCUT2D eigenvalue weighted by atomic mass is 19.4. The second-order valence-electron chi connectivity index (χ2n) is 14.1. The Morgan fingerprint density at radius 1 is 0.414 bits per heavy atom. The Morgan fingerprint density at radius 3 is 1.50 bits per heavy atom. The minimum Gasteiger partial charge on any atom is -0.308 e. The van der Waals surface area contributed by atoms with E-state index < -0.39 is 23.5 Å². The van der Waals surface area contributed by atoms with E-state index in [2.05, 4.69) is 0 Å². The molecule has 58 heavy (non-hydrogen) atoms. The van der Waals surface area contributed by atoms with Crippen molar-refractivity contribution in [3.05, 3.63) is 187 Å². The first kappa shape index (κ1) is 36.6. The average Bonchev–Trinajstić information content (AvgIpc) is 3.56. The normalized spacial score (nSPS) is 12.1. The molecule has 9 heteroatoms. The number of aryl methyl sites for hydroxylation is 1. The molecular formula is C49H31F6N3. The van der Waals surface area contributed by atoms with E-state index in [1.807, 2.05) is 115 Å². The lowest BCUT2D eigenvalue weighted by atomic mass is 9.90. The maximum absolute atomic E-state index is 14.4. The highest BCUT2D eigenvalue weighted by molar-refractivity contribution is 6.11. The molecule has 0 fully saturated rings. The van der Waals surface area contributed by atoms with Gasteiger partial charge in [-0.05, 0) is 78.7 Å². The molecule has 0 amide bonds. The molecule has 0 aliphatic carbocycles. The largest absolute Gasteiger partial charge is 0.416 e. The number of nitrogens with zero attached hydrogens (tertiary/aromatic N) is 3. The van der Waals surface area contributed by atoms with E-state index in [1.165, 1.54) is 12.1 Å². The number of alkyl halides is 6. The number of hydrogen-bond donors (Lipinski definition) is 0. The van der Waals surface area contributed by atoms with Crippen molar-refractivity contribution in [3.63, 3.8) is 0 Å². The van der Waals surface area contributed by atoms with Gasteiger partial charge in [0.05, 0.1) is 39.2 Å². The summed E-state index contributed by atoms with van der Waals surface area (Å²) in [7, 11) is 0. The molecule has 0 radical (unpaired) electrons. The molecule has 0 N–H and O–H groups in total. The van der Waals surface area contributed by atoms with Crippen LogP contribution in [0.5, 0.6) is 0 Å². The first-order valence-corrected chi connectivity index (χ1v) is 18.5. The highest BCUT2D eigenvalue weighted by Gasteiger charge is 2.33. The van der Waals surface area contributed by atoms with E-state index in [0.29, 0.717) is 39.6 Å². The van der Waals surface area contributed by atoms with Crippen LogP contribution in [0.15, 0.2) is 170 Å². The molecular weight excluding hydrogens is 745 g/mol. The number of benzene rings is 7. The average molecular weight is 776 g/mol. The molecule has 7 aromatic carbocycles. The molecule has 0 spiro atoms. The zero-order chi connectivity index (χ0) is 40.2. The van der Waals surface area contributed by atoms with Crippen molar-refractivity contribution >= 4 is 21.8 Å². The highest BCUT2D eigenvalue weighted by Crippen LogP contribution is 2.46. The van der Waals surface area contributed by atoms with Gasteiger partial charge in [-0.2, -0.15) is 26.3 Å². The predicted molar refractivity (Wildman–Crippen MR) is 218 cm³/mol. The molecule has 9 rings (SSSR count). The number of fused-ring (bicyclic) bond motifs is 3. The molecule has 0 bridgehead atoms. The Bertz CT molecular complexity index is 2850. The third-order valence-electron chi connectivity index (χ3n) is 10.3. The lowest BCUT2D eigenvalue weighted by Gasteiger charge is -2.22. The standard InChI is InChI=1S/C49H31F6N3/c1-30-22-23-45-41(24-30)38-20-8-9-21-44(38)58(45)46-39(33-16-10-18-36(25-33)48(50,51)52)27-35(28-40(46)34-17-11-19-37(26-34)49(53,54)55)43-29-42(31-12-4-2-5-13-31)56-47(57-43)32-14-6-3-7-15-32/h2-29H,1H3. The van der Waals surface area contributed by atoms with Crippen LogP contribution < -0.4 is 0 Å². The van der Waals surface area contributed by atoms with Gasteiger partial charge in [0.25, 0.3) is 0 Å². The smallest absolute Gasteiger partial charge is 0.308 e. The summed E-state index contributed by atoms with van der Waals surface area (Å²) in [6.07, 6.45) is -9.33. The number of para-hydroxylation sites is 1. The molecule has 0 aliphatic heterocycles. The zero-order valence-electron chi connectivity index (χ0n) is 30.8. The van der Waals surface area contributed by atoms with E-state index in [-0.39, 0.29) is 11.1 Å². The maximum Gasteiger partial charge on any atom is 0.416 e. The van der Waals surface area contributed by atoms with E-state index in [1.54, 1.807) is 30.3 Å². The Hall–Kier alpha value is -7.00. The van der Waals surface area contributed by atoms with Crippen molar-refractivity contribution in [2.24, 2.45) is 0 Å². The van der Waals surface area contributed by atoms with Crippen LogP contribution in [0.25, 0.3) is 83.6 Å². The fraction of sp³-hybridized carbons (Fsp3) is 0.0612. The van der Waals surface area contributed by atoms with Gasteiger partial charge in [-0.1, -0.05) is 115 Å². The fourth-order valence-corrected chi connectivity index (χ4v) is 7.59. The molecule has 0 saturated heterocycles. The Morgan fingerprint density at radius 2 is 0.914 bits per heavy atom. The topological polar surface area (TPSA) is 30.7 Å².